The Labute approximate surface area is 274 Å². The predicted octanol–water partition coefficient (Wildman–Crippen LogP) is 8.73. The number of hydrogen-bond donors (Lipinski definition) is 2. The third-order valence-corrected chi connectivity index (χ3v) is 8.33. The summed E-state index contributed by atoms with van der Waals surface area (Å²) in [5, 5.41) is 6.28. The highest BCUT2D eigenvalue weighted by Gasteiger charge is 2.36. The van der Waals surface area contributed by atoms with Gasteiger partial charge in [0.25, 0.3) is 5.91 Å². The first-order chi connectivity index (χ1) is 20.9. The molecule has 0 fully saturated rings. The lowest BCUT2D eigenvalue weighted by Gasteiger charge is -2.35. The third-order valence-electron chi connectivity index (χ3n) is 7.37. The maximum absolute atomic E-state index is 14.5. The average Bonchev–Trinajstić information content (AvgIpc) is 2.97. The van der Waals surface area contributed by atoms with Crippen LogP contribution in [0.4, 0.5) is 10.5 Å². The fraction of sp³-hybridized carbons (Fsp3) is 0.571. The van der Waals surface area contributed by atoms with Gasteiger partial charge in [-0.25, -0.2) is 4.79 Å². The van der Waals surface area contributed by atoms with Crippen molar-refractivity contribution in [2.45, 2.75) is 111 Å². The van der Waals surface area contributed by atoms with Gasteiger partial charge in [-0.05, 0) is 81.7 Å². The molecule has 0 saturated heterocycles. The summed E-state index contributed by atoms with van der Waals surface area (Å²) in [4.78, 5) is 43.3. The second-order valence-electron chi connectivity index (χ2n) is 12.2. The third kappa shape index (κ3) is 12.4. The van der Waals surface area contributed by atoms with Gasteiger partial charge in [0.15, 0.2) is 0 Å². The molecule has 44 heavy (non-hydrogen) atoms. The maximum Gasteiger partial charge on any atom is 0.408 e. The number of aryl methyl sites for hydroxylation is 2. The summed E-state index contributed by atoms with van der Waals surface area (Å²) in [5.74, 6) is -0.0162. The lowest BCUT2D eigenvalue weighted by molar-refractivity contribution is -0.141. The number of carbonyl (C=O) groups is 3. The zero-order valence-electron chi connectivity index (χ0n) is 27.6. The molecule has 0 aliphatic carbocycles. The van der Waals surface area contributed by atoms with Gasteiger partial charge >= 0.3 is 6.09 Å². The Kier molecular flexibility index (Phi) is 16.1. The van der Waals surface area contributed by atoms with Crippen LogP contribution in [0.2, 0.25) is 5.02 Å². The van der Waals surface area contributed by atoms with Crippen molar-refractivity contribution in [3.63, 3.8) is 0 Å². The quantitative estimate of drug-likeness (QED) is 0.168. The minimum atomic E-state index is -0.933. The van der Waals surface area contributed by atoms with Gasteiger partial charge in [0.2, 0.25) is 5.91 Å². The normalized spacial score (nSPS) is 12.7. The summed E-state index contributed by atoms with van der Waals surface area (Å²) < 4.78 is 5.52. The molecule has 2 atom stereocenters. The summed E-state index contributed by atoms with van der Waals surface area (Å²) in [6.45, 7) is 11.9. The van der Waals surface area contributed by atoms with Crippen LogP contribution in [0.25, 0.3) is 0 Å². The first-order valence-corrected chi connectivity index (χ1v) is 17.6. The number of alkyl carbamates (subject to hydrolysis) is 1. The monoisotopic (exact) mass is 645 g/mol. The van der Waals surface area contributed by atoms with Crippen molar-refractivity contribution in [3.05, 3.63) is 64.2 Å². The zero-order valence-corrected chi connectivity index (χ0v) is 29.2. The van der Waals surface area contributed by atoms with Crippen LogP contribution in [0, 0.1) is 6.92 Å². The summed E-state index contributed by atoms with van der Waals surface area (Å²) in [6.07, 6.45) is 8.74. The number of rotatable bonds is 17. The summed E-state index contributed by atoms with van der Waals surface area (Å²) in [5.41, 5.74) is 2.46. The van der Waals surface area contributed by atoms with Crippen molar-refractivity contribution in [1.82, 2.24) is 10.2 Å². The first kappa shape index (κ1) is 37.5. The van der Waals surface area contributed by atoms with Gasteiger partial charge in [-0.2, -0.15) is 11.8 Å². The van der Waals surface area contributed by atoms with Crippen LogP contribution in [-0.4, -0.2) is 53.0 Å². The number of ether oxygens (including phenoxy) is 1. The Morgan fingerprint density at radius 1 is 0.977 bits per heavy atom. The van der Waals surface area contributed by atoms with Crippen molar-refractivity contribution in [2.24, 2.45) is 0 Å². The fourth-order valence-electron chi connectivity index (χ4n) is 4.96. The lowest BCUT2D eigenvalue weighted by atomic mass is 9.99. The molecule has 7 nitrogen and oxygen atoms in total. The predicted molar refractivity (Wildman–Crippen MR) is 185 cm³/mol. The number of amides is 3. The molecule has 0 heterocycles. The molecule has 0 aliphatic rings. The molecule has 0 radical (unpaired) electrons. The smallest absolute Gasteiger partial charge is 0.408 e. The molecule has 3 amide bonds. The number of halogens is 1. The van der Waals surface area contributed by atoms with Crippen molar-refractivity contribution >= 4 is 47.0 Å². The summed E-state index contributed by atoms with van der Waals surface area (Å²) in [7, 11) is 0. The van der Waals surface area contributed by atoms with Crippen molar-refractivity contribution < 1.29 is 19.1 Å². The Hall–Kier alpha value is -2.71. The standard InChI is InChI=1S/C35H52ClN3O4S/c1-8-10-11-12-13-14-23-39(33(41)29(22-24-44-7)37-34(42)43-35(4,5)6)31(27-20-18-26(9-2)19-21-27)32(40)38-30-25(3)16-15-17-28(30)36/h15-21,29,31H,8-14,22-24H2,1-7H3,(H,37,42)(H,38,40). The molecule has 2 aromatic carbocycles. The summed E-state index contributed by atoms with van der Waals surface area (Å²) >= 11 is 8.10. The molecule has 2 unspecified atom stereocenters. The number of unbranched alkanes of at least 4 members (excludes halogenated alkanes) is 5. The molecular formula is C35H52ClN3O4S. The van der Waals surface area contributed by atoms with E-state index >= 15 is 0 Å². The largest absolute Gasteiger partial charge is 0.444 e. The van der Waals surface area contributed by atoms with E-state index in [-0.39, 0.29) is 11.8 Å². The number of hydrogen-bond acceptors (Lipinski definition) is 5. The van der Waals surface area contributed by atoms with Gasteiger partial charge in [0.05, 0.1) is 10.7 Å². The number of anilines is 1. The number of thioether (sulfide) groups is 1. The number of nitrogens with zero attached hydrogens (tertiary/aromatic N) is 1. The second kappa shape index (κ2) is 18.9. The lowest BCUT2D eigenvalue weighted by Crippen LogP contribution is -2.52. The Morgan fingerprint density at radius 2 is 1.64 bits per heavy atom. The summed E-state index contributed by atoms with van der Waals surface area (Å²) in [6, 6.07) is 11.5. The second-order valence-corrected chi connectivity index (χ2v) is 13.6. The van der Waals surface area contributed by atoms with Crippen LogP contribution in [0.5, 0.6) is 0 Å². The van der Waals surface area contributed by atoms with E-state index < -0.39 is 23.8 Å². The molecule has 0 aliphatic heterocycles. The van der Waals surface area contributed by atoms with Crippen molar-refractivity contribution in [1.29, 1.82) is 0 Å². The van der Waals surface area contributed by atoms with E-state index in [1.54, 1.807) is 43.5 Å². The van der Waals surface area contributed by atoms with Gasteiger partial charge in [0.1, 0.15) is 17.7 Å². The Balaban J connectivity index is 2.55. The van der Waals surface area contributed by atoms with Gasteiger partial charge < -0.3 is 20.3 Å². The van der Waals surface area contributed by atoms with E-state index in [1.165, 1.54) is 6.42 Å². The first-order valence-electron chi connectivity index (χ1n) is 15.9. The van der Waals surface area contributed by atoms with Gasteiger partial charge in [-0.15, -0.1) is 0 Å². The number of benzene rings is 2. The topological polar surface area (TPSA) is 87.7 Å². The van der Waals surface area contributed by atoms with Gasteiger partial charge in [-0.1, -0.05) is 94.0 Å². The molecule has 9 heteroatoms. The van der Waals surface area contributed by atoms with Crippen LogP contribution in [0.15, 0.2) is 42.5 Å². The average molecular weight is 646 g/mol. The van der Waals surface area contributed by atoms with Crippen LogP contribution in [0.1, 0.15) is 102 Å². The molecule has 2 N–H and O–H groups in total. The van der Waals surface area contributed by atoms with Crippen LogP contribution >= 0.6 is 23.4 Å². The van der Waals surface area contributed by atoms with E-state index in [0.717, 1.165) is 49.7 Å². The van der Waals surface area contributed by atoms with Gasteiger partial charge in [0, 0.05) is 6.54 Å². The number of nitrogens with one attached hydrogen (secondary N) is 2. The Bertz CT molecular complexity index is 1180. The van der Waals surface area contributed by atoms with Crippen molar-refractivity contribution in [3.8, 4) is 0 Å². The minimum absolute atomic E-state index is 0.311. The molecule has 244 valence electrons. The van der Waals surface area contributed by atoms with Gasteiger partial charge in [-0.3, -0.25) is 9.59 Å². The molecule has 0 bridgehead atoms. The highest BCUT2D eigenvalue weighted by Crippen LogP contribution is 2.30. The van der Waals surface area contributed by atoms with E-state index in [9.17, 15) is 14.4 Å². The molecular weight excluding hydrogens is 594 g/mol. The Morgan fingerprint density at radius 3 is 2.23 bits per heavy atom. The van der Waals surface area contributed by atoms with Crippen LogP contribution < -0.4 is 10.6 Å². The van der Waals surface area contributed by atoms with Crippen LogP contribution in [0.3, 0.4) is 0 Å². The van der Waals surface area contributed by atoms with Crippen molar-refractivity contribution in [2.75, 3.05) is 23.9 Å². The molecule has 0 aromatic heterocycles. The van der Waals surface area contributed by atoms with Crippen LogP contribution in [-0.2, 0) is 20.7 Å². The fourth-order valence-corrected chi connectivity index (χ4v) is 5.70. The number of carbonyl (C=O) groups excluding carboxylic acids is 3. The molecule has 2 rings (SSSR count). The zero-order chi connectivity index (χ0) is 32.7. The highest BCUT2D eigenvalue weighted by molar-refractivity contribution is 7.98. The van der Waals surface area contributed by atoms with E-state index in [4.69, 9.17) is 16.3 Å². The molecule has 0 saturated carbocycles. The van der Waals surface area contributed by atoms with E-state index in [0.29, 0.717) is 35.0 Å². The van der Waals surface area contributed by atoms with E-state index in [2.05, 4.69) is 24.5 Å². The molecule has 2 aromatic rings. The van der Waals surface area contributed by atoms with E-state index in [1.807, 2.05) is 49.6 Å². The SMILES string of the molecule is CCCCCCCCN(C(=O)C(CCSC)NC(=O)OC(C)(C)C)C(C(=O)Nc1c(C)cccc1Cl)c1ccc(CC)cc1. The number of para-hydroxylation sites is 1. The maximum atomic E-state index is 14.5. The molecule has 0 spiro atoms. The minimum Gasteiger partial charge on any atom is -0.444 e. The highest BCUT2D eigenvalue weighted by atomic mass is 35.5.